The zero-order chi connectivity index (χ0) is 16.4. The number of carbonyl (C=O) groups excluding carboxylic acids is 1. The highest BCUT2D eigenvalue weighted by atomic mass is 32.1. The normalized spacial score (nSPS) is 25.1. The smallest absolute Gasteiger partial charge is 0.230 e. The lowest BCUT2D eigenvalue weighted by molar-refractivity contribution is -0.145. The number of aromatic nitrogens is 2. The monoisotopic (exact) mass is 338 g/mol. The van der Waals surface area contributed by atoms with E-state index in [1.54, 1.807) is 18.4 Å². The third-order valence-corrected chi connectivity index (χ3v) is 6.22. The van der Waals surface area contributed by atoms with E-state index in [1.807, 2.05) is 4.90 Å². The topological polar surface area (TPSA) is 58.6 Å². The number of amides is 1. The van der Waals surface area contributed by atoms with Gasteiger partial charge in [-0.05, 0) is 19.3 Å². The Hall–Kier alpha value is -1.21. The summed E-state index contributed by atoms with van der Waals surface area (Å²) in [6.07, 6.45) is 2.99. The fourth-order valence-electron chi connectivity index (χ4n) is 3.57. The lowest BCUT2D eigenvalue weighted by Crippen LogP contribution is -2.50. The molecule has 6 nitrogen and oxygen atoms in total. The van der Waals surface area contributed by atoms with E-state index in [2.05, 4.69) is 28.9 Å². The second-order valence-corrected chi connectivity index (χ2v) is 7.91. The van der Waals surface area contributed by atoms with Gasteiger partial charge in [-0.25, -0.2) is 0 Å². The first-order chi connectivity index (χ1) is 11.1. The molecule has 3 rings (SSSR count). The maximum Gasteiger partial charge on any atom is 0.230 e. The van der Waals surface area contributed by atoms with Gasteiger partial charge in [0.1, 0.15) is 5.01 Å². The quantitative estimate of drug-likeness (QED) is 0.823. The van der Waals surface area contributed by atoms with Gasteiger partial charge in [0.15, 0.2) is 0 Å². The molecule has 0 saturated carbocycles. The van der Waals surface area contributed by atoms with Gasteiger partial charge in [-0.2, -0.15) is 0 Å². The lowest BCUT2D eigenvalue weighted by atomic mass is 9.78. The number of hydrogen-bond donors (Lipinski definition) is 0. The Bertz CT molecular complexity index is 562. The Labute approximate surface area is 141 Å². The summed E-state index contributed by atoms with van der Waals surface area (Å²) in [7, 11) is 1.68. The maximum atomic E-state index is 13.0. The van der Waals surface area contributed by atoms with Crippen molar-refractivity contribution < 1.29 is 9.53 Å². The highest BCUT2D eigenvalue weighted by molar-refractivity contribution is 7.15. The van der Waals surface area contributed by atoms with Gasteiger partial charge in [0, 0.05) is 39.2 Å². The second-order valence-electron chi connectivity index (χ2n) is 6.92. The Morgan fingerprint density at radius 3 is 2.83 bits per heavy atom. The zero-order valence-electron chi connectivity index (χ0n) is 14.2. The van der Waals surface area contributed by atoms with Crippen LogP contribution in [0.4, 0.5) is 5.13 Å². The minimum Gasteiger partial charge on any atom is -0.383 e. The predicted octanol–water partition coefficient (Wildman–Crippen LogP) is 2.13. The molecule has 0 aliphatic carbocycles. The Morgan fingerprint density at radius 2 is 2.13 bits per heavy atom. The van der Waals surface area contributed by atoms with Crippen LogP contribution >= 0.6 is 11.3 Å². The number of anilines is 1. The first-order valence-corrected chi connectivity index (χ1v) is 9.24. The van der Waals surface area contributed by atoms with Crippen LogP contribution in [-0.4, -0.2) is 60.9 Å². The van der Waals surface area contributed by atoms with Gasteiger partial charge in [-0.15, -0.1) is 10.2 Å². The first-order valence-electron chi connectivity index (χ1n) is 8.42. The summed E-state index contributed by atoms with van der Waals surface area (Å²) in [5, 5.41) is 10.7. The predicted molar refractivity (Wildman–Crippen MR) is 91.0 cm³/mol. The number of ether oxygens (including phenoxy) is 1. The van der Waals surface area contributed by atoms with Crippen LogP contribution in [0.3, 0.4) is 0 Å². The summed E-state index contributed by atoms with van der Waals surface area (Å²) >= 11 is 1.66. The fraction of sp³-hybridized carbons (Fsp3) is 0.812. The van der Waals surface area contributed by atoms with Crippen LogP contribution in [0.25, 0.3) is 0 Å². The average molecular weight is 338 g/mol. The largest absolute Gasteiger partial charge is 0.383 e. The molecule has 128 valence electrons. The molecule has 0 N–H and O–H groups in total. The number of methoxy groups -OCH3 is 1. The molecule has 0 bridgehead atoms. The Morgan fingerprint density at radius 1 is 1.30 bits per heavy atom. The molecular weight excluding hydrogens is 312 g/mol. The molecule has 0 unspecified atom stereocenters. The summed E-state index contributed by atoms with van der Waals surface area (Å²) in [4.78, 5) is 17.2. The minimum atomic E-state index is -0.227. The van der Waals surface area contributed by atoms with E-state index < -0.39 is 0 Å². The molecule has 0 aromatic carbocycles. The number of piperidine rings is 1. The van der Waals surface area contributed by atoms with E-state index in [1.165, 1.54) is 0 Å². The summed E-state index contributed by atoms with van der Waals surface area (Å²) in [5.41, 5.74) is -0.227. The molecule has 2 aliphatic rings. The van der Waals surface area contributed by atoms with Gasteiger partial charge in [0.05, 0.1) is 12.0 Å². The molecule has 1 atom stereocenters. The molecule has 7 heteroatoms. The molecule has 3 heterocycles. The first kappa shape index (κ1) is 16.6. The third-order valence-electron chi connectivity index (χ3n) is 4.94. The maximum absolute atomic E-state index is 13.0. The highest BCUT2D eigenvalue weighted by Crippen LogP contribution is 2.42. The summed E-state index contributed by atoms with van der Waals surface area (Å²) in [5.74, 6) is 0.704. The SMILES string of the molecule is COCCN1CCC[C@@]2(CCN(c3nnc(C(C)C)s3)C2)C1=O. The van der Waals surface area contributed by atoms with Gasteiger partial charge in [-0.1, -0.05) is 25.2 Å². The molecule has 0 radical (unpaired) electrons. The number of likely N-dealkylation sites (tertiary alicyclic amines) is 1. The van der Waals surface area contributed by atoms with Gasteiger partial charge < -0.3 is 14.5 Å². The molecule has 2 saturated heterocycles. The second kappa shape index (κ2) is 6.73. The fourth-order valence-corrected chi connectivity index (χ4v) is 4.44. The molecule has 1 aromatic heterocycles. The molecule has 2 aliphatic heterocycles. The Kier molecular flexibility index (Phi) is 4.87. The Balaban J connectivity index is 1.70. The van der Waals surface area contributed by atoms with Crippen LogP contribution in [-0.2, 0) is 9.53 Å². The number of nitrogens with zero attached hydrogens (tertiary/aromatic N) is 4. The molecular formula is C16H26N4O2S. The van der Waals surface area contributed by atoms with Gasteiger partial charge >= 0.3 is 0 Å². The zero-order valence-corrected chi connectivity index (χ0v) is 15.1. The van der Waals surface area contributed by atoms with Crippen LogP contribution in [0.15, 0.2) is 0 Å². The van der Waals surface area contributed by atoms with E-state index >= 15 is 0 Å². The van der Waals surface area contributed by atoms with Crippen LogP contribution in [0.2, 0.25) is 0 Å². The average Bonchev–Trinajstić information content (AvgIpc) is 3.17. The van der Waals surface area contributed by atoms with Gasteiger partial charge in [0.25, 0.3) is 0 Å². The minimum absolute atomic E-state index is 0.227. The highest BCUT2D eigenvalue weighted by Gasteiger charge is 2.48. The summed E-state index contributed by atoms with van der Waals surface area (Å²) in [6, 6.07) is 0. The van der Waals surface area contributed by atoms with Crippen LogP contribution in [0, 0.1) is 5.41 Å². The molecule has 1 spiro atoms. The number of hydrogen-bond acceptors (Lipinski definition) is 6. The van der Waals surface area contributed by atoms with Crippen molar-refractivity contribution in [3.63, 3.8) is 0 Å². The summed E-state index contributed by atoms with van der Waals surface area (Å²) in [6.45, 7) is 8.12. The van der Waals surface area contributed by atoms with Gasteiger partial charge in [-0.3, -0.25) is 4.79 Å². The van der Waals surface area contributed by atoms with Crippen LogP contribution in [0.5, 0.6) is 0 Å². The van der Waals surface area contributed by atoms with E-state index in [9.17, 15) is 4.79 Å². The van der Waals surface area contributed by atoms with E-state index in [0.29, 0.717) is 25.0 Å². The third kappa shape index (κ3) is 3.21. The summed E-state index contributed by atoms with van der Waals surface area (Å²) < 4.78 is 5.14. The van der Waals surface area contributed by atoms with E-state index in [-0.39, 0.29) is 5.41 Å². The number of carbonyl (C=O) groups is 1. The lowest BCUT2D eigenvalue weighted by Gasteiger charge is -2.39. The molecule has 1 amide bonds. The van der Waals surface area contributed by atoms with Crippen molar-refractivity contribution in [3.05, 3.63) is 5.01 Å². The van der Waals surface area contributed by atoms with Crippen LogP contribution in [0.1, 0.15) is 44.0 Å². The molecule has 2 fully saturated rings. The van der Waals surface area contributed by atoms with E-state index in [4.69, 9.17) is 4.74 Å². The van der Waals surface area contributed by atoms with Crippen LogP contribution < -0.4 is 4.90 Å². The molecule has 23 heavy (non-hydrogen) atoms. The van der Waals surface area contributed by atoms with Crippen molar-refractivity contribution in [2.24, 2.45) is 5.41 Å². The van der Waals surface area contributed by atoms with Gasteiger partial charge in [0.2, 0.25) is 11.0 Å². The number of rotatable bonds is 5. The van der Waals surface area contributed by atoms with Crippen molar-refractivity contribution >= 4 is 22.4 Å². The van der Waals surface area contributed by atoms with Crippen molar-refractivity contribution in [3.8, 4) is 0 Å². The van der Waals surface area contributed by atoms with E-state index in [0.717, 1.165) is 49.0 Å². The van der Waals surface area contributed by atoms with Crippen molar-refractivity contribution in [1.29, 1.82) is 0 Å². The van der Waals surface area contributed by atoms with Crippen molar-refractivity contribution in [1.82, 2.24) is 15.1 Å². The molecule has 1 aromatic rings. The standard InChI is InChI=1S/C16H26N4O2S/c1-12(2)13-17-18-15(23-13)20-8-6-16(11-20)5-4-7-19(14(16)21)9-10-22-3/h12H,4-11H2,1-3H3/t16-/m0/s1. The van der Waals surface area contributed by atoms with Crippen molar-refractivity contribution in [2.75, 3.05) is 44.8 Å². The van der Waals surface area contributed by atoms with Crippen molar-refractivity contribution in [2.45, 2.75) is 39.0 Å².